The van der Waals surface area contributed by atoms with Gasteiger partial charge in [0.1, 0.15) is 0 Å². The van der Waals surface area contributed by atoms with Gasteiger partial charge in [0.05, 0.1) is 0 Å². The Bertz CT molecular complexity index is 145. The van der Waals surface area contributed by atoms with Gasteiger partial charge in [-0.3, -0.25) is 0 Å². The van der Waals surface area contributed by atoms with Crippen molar-refractivity contribution in [3.05, 3.63) is 11.6 Å². The summed E-state index contributed by atoms with van der Waals surface area (Å²) in [6, 6.07) is 0. The second kappa shape index (κ2) is 1.79. The molecule has 1 N–H and O–H groups in total. The molecule has 0 saturated carbocycles. The summed E-state index contributed by atoms with van der Waals surface area (Å²) in [4.78, 5) is 3.70. The lowest BCUT2D eigenvalue weighted by molar-refractivity contribution is 1.12. The fraction of sp³-hybridized carbons (Fsp3) is 0. The Kier molecular flexibility index (Phi) is 1.12. The van der Waals surface area contributed by atoms with E-state index in [1.54, 1.807) is 11.6 Å². The summed E-state index contributed by atoms with van der Waals surface area (Å²) >= 11 is 1.36. The highest BCUT2D eigenvalue weighted by Gasteiger charge is 1.83. The maximum Gasteiger partial charge on any atom is 0.229 e. The number of aromatic nitrogens is 1. The zero-order valence-corrected chi connectivity index (χ0v) is 4.27. The predicted octanol–water partition coefficient (Wildman–Crippen LogP) is 1.81. The molecule has 1 aromatic heterocycles. The molecular formula is C3H3N3S. The smallest absolute Gasteiger partial charge is 0.226 e. The van der Waals surface area contributed by atoms with Crippen LogP contribution in [0.15, 0.2) is 16.7 Å². The van der Waals surface area contributed by atoms with Crippen molar-refractivity contribution in [2.75, 3.05) is 0 Å². The van der Waals surface area contributed by atoms with Crippen LogP contribution in [0, 0.1) is 5.53 Å². The minimum atomic E-state index is 0.514. The second-order valence-corrected chi connectivity index (χ2v) is 1.80. The third-order valence-electron chi connectivity index (χ3n) is 0.515. The van der Waals surface area contributed by atoms with E-state index in [1.807, 2.05) is 0 Å². The number of thiazole rings is 1. The van der Waals surface area contributed by atoms with Gasteiger partial charge in [0.25, 0.3) is 0 Å². The number of nitrogens with zero attached hydrogens (tertiary/aromatic N) is 2. The van der Waals surface area contributed by atoms with E-state index in [0.29, 0.717) is 5.13 Å². The molecule has 0 radical (unpaired) electrons. The standard InChI is InChI=1S/C3H3N3S/c4-6-3-5-1-2-7-3/h1-2,4H. The Morgan fingerprint density at radius 3 is 3.00 bits per heavy atom. The largest absolute Gasteiger partial charge is 0.229 e. The summed E-state index contributed by atoms with van der Waals surface area (Å²) in [5, 5.41) is 5.39. The number of rotatable bonds is 1. The normalized spacial score (nSPS) is 8.57. The third-order valence-corrected chi connectivity index (χ3v) is 1.18. The Hall–Kier alpha value is -0.770. The Labute approximate surface area is 44.5 Å². The molecule has 0 bridgehead atoms. The van der Waals surface area contributed by atoms with Crippen LogP contribution in [0.4, 0.5) is 5.13 Å². The fourth-order valence-electron chi connectivity index (χ4n) is 0.271. The van der Waals surface area contributed by atoms with Gasteiger partial charge < -0.3 is 0 Å². The van der Waals surface area contributed by atoms with Gasteiger partial charge in [0.15, 0.2) is 0 Å². The van der Waals surface area contributed by atoms with Gasteiger partial charge in [-0.25, -0.2) is 10.5 Å². The molecule has 0 aromatic carbocycles. The molecule has 0 spiro atoms. The van der Waals surface area contributed by atoms with Crippen LogP contribution in [0.5, 0.6) is 0 Å². The second-order valence-electron chi connectivity index (χ2n) is 0.926. The van der Waals surface area contributed by atoms with Crippen LogP contribution in [0.3, 0.4) is 0 Å². The van der Waals surface area contributed by atoms with Gasteiger partial charge in [0, 0.05) is 11.6 Å². The van der Waals surface area contributed by atoms with Crippen molar-refractivity contribution >= 4 is 16.5 Å². The van der Waals surface area contributed by atoms with E-state index < -0.39 is 0 Å². The Morgan fingerprint density at radius 1 is 1.86 bits per heavy atom. The fourth-order valence-corrected chi connectivity index (χ4v) is 0.689. The molecule has 0 atom stereocenters. The molecule has 1 aromatic rings. The highest BCUT2D eigenvalue weighted by atomic mass is 32.1. The first-order valence-corrected chi connectivity index (χ1v) is 2.58. The molecule has 0 amide bonds. The molecule has 0 fully saturated rings. The average Bonchev–Trinajstić information content (AvgIpc) is 2.14. The highest BCUT2D eigenvalue weighted by molar-refractivity contribution is 7.13. The zero-order chi connectivity index (χ0) is 5.11. The van der Waals surface area contributed by atoms with E-state index in [0.717, 1.165) is 0 Å². The highest BCUT2D eigenvalue weighted by Crippen LogP contribution is 2.12. The summed E-state index contributed by atoms with van der Waals surface area (Å²) in [6.07, 6.45) is 1.62. The van der Waals surface area contributed by atoms with Gasteiger partial charge in [0.2, 0.25) is 5.13 Å². The van der Waals surface area contributed by atoms with Crippen LogP contribution < -0.4 is 0 Å². The molecule has 0 saturated heterocycles. The first kappa shape index (κ1) is 4.39. The summed E-state index contributed by atoms with van der Waals surface area (Å²) in [5.74, 6) is 0. The maximum atomic E-state index is 6.43. The quantitative estimate of drug-likeness (QED) is 0.554. The van der Waals surface area contributed by atoms with Crippen molar-refractivity contribution in [1.29, 1.82) is 5.53 Å². The van der Waals surface area contributed by atoms with Crippen molar-refractivity contribution in [1.82, 2.24) is 4.98 Å². The third kappa shape index (κ3) is 0.806. The van der Waals surface area contributed by atoms with E-state index in [9.17, 15) is 0 Å². The Balaban J connectivity index is 2.96. The topological polar surface area (TPSA) is 49.1 Å². The minimum Gasteiger partial charge on any atom is -0.226 e. The van der Waals surface area contributed by atoms with E-state index in [4.69, 9.17) is 5.53 Å². The first-order valence-electron chi connectivity index (χ1n) is 1.70. The van der Waals surface area contributed by atoms with Crippen molar-refractivity contribution in [3.63, 3.8) is 0 Å². The number of nitrogens with one attached hydrogen (secondary N) is 1. The maximum absolute atomic E-state index is 6.43. The summed E-state index contributed by atoms with van der Waals surface area (Å²) in [5.41, 5.74) is 6.43. The molecule has 3 nitrogen and oxygen atoms in total. The lowest BCUT2D eigenvalue weighted by Crippen LogP contribution is -1.49. The van der Waals surface area contributed by atoms with E-state index >= 15 is 0 Å². The van der Waals surface area contributed by atoms with Crippen molar-refractivity contribution in [2.24, 2.45) is 5.11 Å². The molecule has 0 aliphatic rings. The van der Waals surface area contributed by atoms with E-state index in [2.05, 4.69) is 10.1 Å². The average molecular weight is 113 g/mol. The first-order chi connectivity index (χ1) is 3.43. The molecule has 0 aliphatic carbocycles. The molecule has 7 heavy (non-hydrogen) atoms. The van der Waals surface area contributed by atoms with Gasteiger partial charge in [-0.15, -0.1) is 16.5 Å². The van der Waals surface area contributed by atoms with Gasteiger partial charge in [-0.2, -0.15) is 0 Å². The summed E-state index contributed by atoms with van der Waals surface area (Å²) < 4.78 is 0. The van der Waals surface area contributed by atoms with Crippen molar-refractivity contribution < 1.29 is 0 Å². The van der Waals surface area contributed by atoms with Gasteiger partial charge in [-0.05, 0) is 0 Å². The lowest BCUT2D eigenvalue weighted by atomic mass is 11.0. The molecule has 0 unspecified atom stereocenters. The van der Waals surface area contributed by atoms with Crippen LogP contribution in [0.1, 0.15) is 0 Å². The van der Waals surface area contributed by atoms with Gasteiger partial charge in [-0.1, -0.05) is 0 Å². The molecule has 1 rings (SSSR count). The summed E-state index contributed by atoms with van der Waals surface area (Å²) in [6.45, 7) is 0. The molecule has 1 heterocycles. The van der Waals surface area contributed by atoms with Crippen LogP contribution in [-0.2, 0) is 0 Å². The molecule has 4 heteroatoms. The number of hydrogen-bond donors (Lipinski definition) is 1. The SMILES string of the molecule is N=Nc1nccs1. The summed E-state index contributed by atoms with van der Waals surface area (Å²) in [7, 11) is 0. The predicted molar refractivity (Wildman–Crippen MR) is 26.9 cm³/mol. The Morgan fingerprint density at radius 2 is 2.71 bits per heavy atom. The van der Waals surface area contributed by atoms with Crippen LogP contribution in [-0.4, -0.2) is 4.98 Å². The molecule has 36 valence electrons. The lowest BCUT2D eigenvalue weighted by Gasteiger charge is -1.67. The molecular weight excluding hydrogens is 110 g/mol. The monoisotopic (exact) mass is 113 g/mol. The van der Waals surface area contributed by atoms with E-state index in [-0.39, 0.29) is 0 Å². The van der Waals surface area contributed by atoms with E-state index in [1.165, 1.54) is 11.3 Å². The van der Waals surface area contributed by atoms with Crippen LogP contribution in [0.2, 0.25) is 0 Å². The minimum absolute atomic E-state index is 0.514. The number of hydrogen-bond acceptors (Lipinski definition) is 4. The van der Waals surface area contributed by atoms with Crippen molar-refractivity contribution in [2.45, 2.75) is 0 Å². The van der Waals surface area contributed by atoms with Crippen LogP contribution in [0.25, 0.3) is 0 Å². The van der Waals surface area contributed by atoms with Gasteiger partial charge >= 0.3 is 0 Å². The van der Waals surface area contributed by atoms with Crippen molar-refractivity contribution in [3.8, 4) is 0 Å². The zero-order valence-electron chi connectivity index (χ0n) is 3.46. The van der Waals surface area contributed by atoms with Crippen LogP contribution >= 0.6 is 11.3 Å². The molecule has 0 aliphatic heterocycles.